The lowest BCUT2D eigenvalue weighted by Gasteiger charge is -2.10. The number of rotatable bonds is 3. The highest BCUT2D eigenvalue weighted by Crippen LogP contribution is 2.13. The molecule has 0 spiro atoms. The van der Waals surface area contributed by atoms with E-state index in [2.05, 4.69) is 15.4 Å². The third-order valence-electron chi connectivity index (χ3n) is 2.34. The second-order valence-electron chi connectivity index (χ2n) is 3.81. The molecule has 0 aliphatic carbocycles. The lowest BCUT2D eigenvalue weighted by Crippen LogP contribution is -2.27. The molecule has 18 heavy (non-hydrogen) atoms. The number of amides is 1. The fourth-order valence-electron chi connectivity index (χ4n) is 1.45. The van der Waals surface area contributed by atoms with E-state index >= 15 is 0 Å². The molecule has 6 nitrogen and oxygen atoms in total. The highest BCUT2D eigenvalue weighted by atomic mass is 19.1. The van der Waals surface area contributed by atoms with Crippen molar-refractivity contribution in [1.82, 2.24) is 14.8 Å². The van der Waals surface area contributed by atoms with Crippen molar-refractivity contribution >= 4 is 11.6 Å². The van der Waals surface area contributed by atoms with Gasteiger partial charge in [-0.25, -0.2) is 4.39 Å². The highest BCUT2D eigenvalue weighted by molar-refractivity contribution is 5.95. The average Bonchev–Trinajstić information content (AvgIpc) is 2.75. The molecule has 1 unspecified atom stereocenters. The number of aryl methyl sites for hydroxylation is 1. The summed E-state index contributed by atoms with van der Waals surface area (Å²) in [6.07, 6.45) is 5.55. The summed E-state index contributed by atoms with van der Waals surface area (Å²) in [6.45, 7) is 0. The van der Waals surface area contributed by atoms with Gasteiger partial charge in [-0.05, 0) is 0 Å². The predicted molar refractivity (Wildman–Crippen MR) is 63.0 cm³/mol. The number of carbonyl (C=O) groups is 1. The molecule has 2 heterocycles. The molecule has 0 aromatic carbocycles. The molecule has 2 aromatic rings. The lowest BCUT2D eigenvalue weighted by molar-refractivity contribution is -0.117. The molecule has 3 N–H and O–H groups in total. The van der Waals surface area contributed by atoms with Crippen LogP contribution in [0.4, 0.5) is 10.1 Å². The van der Waals surface area contributed by atoms with Crippen molar-refractivity contribution in [3.63, 3.8) is 0 Å². The van der Waals surface area contributed by atoms with Gasteiger partial charge in [0.1, 0.15) is 11.9 Å². The van der Waals surface area contributed by atoms with Crippen molar-refractivity contribution < 1.29 is 9.18 Å². The molecule has 0 fully saturated rings. The molecule has 94 valence electrons. The van der Waals surface area contributed by atoms with Gasteiger partial charge in [0, 0.05) is 24.9 Å². The molecular weight excluding hydrogens is 237 g/mol. The number of carbonyl (C=O) groups excluding carboxylic acids is 1. The monoisotopic (exact) mass is 249 g/mol. The van der Waals surface area contributed by atoms with Crippen LogP contribution in [0, 0.1) is 5.82 Å². The van der Waals surface area contributed by atoms with E-state index in [1.165, 1.54) is 18.5 Å². The molecule has 0 saturated heterocycles. The fourth-order valence-corrected chi connectivity index (χ4v) is 1.45. The zero-order valence-corrected chi connectivity index (χ0v) is 9.67. The Kier molecular flexibility index (Phi) is 3.33. The minimum Gasteiger partial charge on any atom is -0.323 e. The van der Waals surface area contributed by atoms with Crippen LogP contribution in [0.5, 0.6) is 0 Å². The van der Waals surface area contributed by atoms with E-state index in [1.54, 1.807) is 17.9 Å². The Morgan fingerprint density at radius 1 is 1.50 bits per heavy atom. The normalized spacial score (nSPS) is 12.2. The number of nitrogens with two attached hydrogens (primary N) is 1. The maximum atomic E-state index is 12.9. The summed E-state index contributed by atoms with van der Waals surface area (Å²) in [5, 5.41) is 6.41. The second kappa shape index (κ2) is 4.92. The fraction of sp³-hybridized carbons (Fsp3) is 0.182. The Hall–Kier alpha value is -2.28. The third kappa shape index (κ3) is 2.69. The van der Waals surface area contributed by atoms with Crippen LogP contribution in [-0.4, -0.2) is 20.7 Å². The van der Waals surface area contributed by atoms with Crippen LogP contribution < -0.4 is 11.1 Å². The Morgan fingerprint density at radius 3 is 2.89 bits per heavy atom. The Balaban J connectivity index is 2.08. The smallest absolute Gasteiger partial charge is 0.246 e. The summed E-state index contributed by atoms with van der Waals surface area (Å²) in [6, 6.07) is 0.308. The predicted octanol–water partition coefficient (Wildman–Crippen LogP) is 0.593. The van der Waals surface area contributed by atoms with E-state index in [-0.39, 0.29) is 5.69 Å². The number of nitrogens with one attached hydrogen (secondary N) is 1. The van der Waals surface area contributed by atoms with Gasteiger partial charge >= 0.3 is 0 Å². The first-order chi connectivity index (χ1) is 8.56. The standard InChI is InChI=1S/C11H12FN5O/c1-17-6-7(3-15-17)10(13)11(18)16-9-2-8(12)4-14-5-9/h2-6,10H,13H2,1H3,(H,16,18). The molecule has 7 heteroatoms. The largest absolute Gasteiger partial charge is 0.323 e. The SMILES string of the molecule is Cn1cc(C(N)C(=O)Nc2cncc(F)c2)cn1. The average molecular weight is 249 g/mol. The van der Waals surface area contributed by atoms with Crippen LogP contribution in [0.2, 0.25) is 0 Å². The highest BCUT2D eigenvalue weighted by Gasteiger charge is 2.17. The number of halogens is 1. The van der Waals surface area contributed by atoms with E-state index in [4.69, 9.17) is 5.73 Å². The van der Waals surface area contributed by atoms with E-state index in [1.807, 2.05) is 0 Å². The quantitative estimate of drug-likeness (QED) is 0.833. The van der Waals surface area contributed by atoms with E-state index in [0.717, 1.165) is 6.20 Å². The van der Waals surface area contributed by atoms with Crippen LogP contribution >= 0.6 is 0 Å². The topological polar surface area (TPSA) is 85.8 Å². The Bertz CT molecular complexity index is 568. The Labute approximate surface area is 103 Å². The molecule has 0 aliphatic rings. The van der Waals surface area contributed by atoms with Crippen LogP contribution in [-0.2, 0) is 11.8 Å². The number of anilines is 1. The van der Waals surface area contributed by atoms with Crippen LogP contribution in [0.1, 0.15) is 11.6 Å². The summed E-state index contributed by atoms with van der Waals surface area (Å²) >= 11 is 0. The summed E-state index contributed by atoms with van der Waals surface area (Å²) in [5.74, 6) is -0.974. The van der Waals surface area contributed by atoms with E-state index in [9.17, 15) is 9.18 Å². The number of aromatic nitrogens is 3. The molecule has 0 radical (unpaired) electrons. The maximum absolute atomic E-state index is 12.9. The maximum Gasteiger partial charge on any atom is 0.246 e. The van der Waals surface area contributed by atoms with Gasteiger partial charge in [0.25, 0.3) is 0 Å². The van der Waals surface area contributed by atoms with Crippen molar-refractivity contribution in [3.8, 4) is 0 Å². The molecular formula is C11H12FN5O. The van der Waals surface area contributed by atoms with Gasteiger partial charge in [-0.15, -0.1) is 0 Å². The summed E-state index contributed by atoms with van der Waals surface area (Å²) in [4.78, 5) is 15.4. The molecule has 1 amide bonds. The molecule has 2 rings (SSSR count). The molecule has 0 bridgehead atoms. The molecule has 0 aliphatic heterocycles. The number of hydrogen-bond acceptors (Lipinski definition) is 4. The first-order valence-electron chi connectivity index (χ1n) is 5.22. The number of pyridine rings is 1. The lowest BCUT2D eigenvalue weighted by atomic mass is 10.1. The molecule has 1 atom stereocenters. The van der Waals surface area contributed by atoms with E-state index in [0.29, 0.717) is 5.56 Å². The summed E-state index contributed by atoms with van der Waals surface area (Å²) in [5.41, 5.74) is 6.60. The van der Waals surface area contributed by atoms with E-state index < -0.39 is 17.8 Å². The van der Waals surface area contributed by atoms with Crippen LogP contribution in [0.15, 0.2) is 30.9 Å². The van der Waals surface area contributed by atoms with Crippen molar-refractivity contribution in [1.29, 1.82) is 0 Å². The van der Waals surface area contributed by atoms with Crippen LogP contribution in [0.3, 0.4) is 0 Å². The van der Waals surface area contributed by atoms with Crippen molar-refractivity contribution in [2.45, 2.75) is 6.04 Å². The number of nitrogens with zero attached hydrogens (tertiary/aromatic N) is 3. The first kappa shape index (κ1) is 12.2. The van der Waals surface area contributed by atoms with Gasteiger partial charge in [0.15, 0.2) is 0 Å². The van der Waals surface area contributed by atoms with Gasteiger partial charge in [-0.3, -0.25) is 14.5 Å². The van der Waals surface area contributed by atoms with Gasteiger partial charge < -0.3 is 11.1 Å². The number of hydrogen-bond donors (Lipinski definition) is 2. The van der Waals surface area contributed by atoms with Gasteiger partial charge in [-0.1, -0.05) is 0 Å². The second-order valence-corrected chi connectivity index (χ2v) is 3.81. The van der Waals surface area contributed by atoms with Gasteiger partial charge in [0.2, 0.25) is 5.91 Å². The zero-order valence-electron chi connectivity index (χ0n) is 9.67. The summed E-state index contributed by atoms with van der Waals surface area (Å²) < 4.78 is 14.4. The van der Waals surface area contributed by atoms with Crippen molar-refractivity contribution in [2.24, 2.45) is 12.8 Å². The first-order valence-corrected chi connectivity index (χ1v) is 5.22. The van der Waals surface area contributed by atoms with Gasteiger partial charge in [0.05, 0.1) is 24.3 Å². The summed E-state index contributed by atoms with van der Waals surface area (Å²) in [7, 11) is 1.73. The molecule has 0 saturated carbocycles. The Morgan fingerprint density at radius 2 is 2.28 bits per heavy atom. The minimum atomic E-state index is -0.859. The van der Waals surface area contributed by atoms with Crippen molar-refractivity contribution in [3.05, 3.63) is 42.2 Å². The minimum absolute atomic E-state index is 0.263. The molecule has 2 aromatic heterocycles. The zero-order chi connectivity index (χ0) is 13.1. The van der Waals surface area contributed by atoms with Gasteiger partial charge in [-0.2, -0.15) is 5.10 Å². The van der Waals surface area contributed by atoms with Crippen LogP contribution in [0.25, 0.3) is 0 Å². The third-order valence-corrected chi connectivity index (χ3v) is 2.34. The van der Waals surface area contributed by atoms with Crippen molar-refractivity contribution in [2.75, 3.05) is 5.32 Å².